The summed E-state index contributed by atoms with van der Waals surface area (Å²) in [5, 5.41) is 0. The lowest BCUT2D eigenvalue weighted by atomic mass is 10.0. The van der Waals surface area contributed by atoms with Gasteiger partial charge in [-0.3, -0.25) is 0 Å². The maximum absolute atomic E-state index is 5.73. The zero-order chi connectivity index (χ0) is 13.0. The molecule has 2 aromatic carbocycles. The van der Waals surface area contributed by atoms with Crippen molar-refractivity contribution in [1.29, 1.82) is 0 Å². The minimum Gasteiger partial charge on any atom is -0.493 e. The van der Waals surface area contributed by atoms with Gasteiger partial charge in [0.1, 0.15) is 5.75 Å². The van der Waals surface area contributed by atoms with Crippen molar-refractivity contribution in [2.45, 2.75) is 20.3 Å². The molecule has 0 spiro atoms. The smallest absolute Gasteiger partial charge is 0.119 e. The van der Waals surface area contributed by atoms with Crippen LogP contribution in [0.5, 0.6) is 5.75 Å². The molecule has 0 radical (unpaired) electrons. The number of hydrogen-bond acceptors (Lipinski definition) is 1. The lowest BCUT2D eigenvalue weighted by molar-refractivity contribution is 0.321. The van der Waals surface area contributed by atoms with Gasteiger partial charge in [0.25, 0.3) is 0 Å². The van der Waals surface area contributed by atoms with Gasteiger partial charge in [0, 0.05) is 10.9 Å². The van der Waals surface area contributed by atoms with Gasteiger partial charge in [-0.05, 0) is 49.2 Å². The molecule has 0 bridgehead atoms. The predicted octanol–water partition coefficient (Wildman–Crippen LogP) is 4.69. The first-order valence-electron chi connectivity index (χ1n) is 6.09. The highest BCUT2D eigenvalue weighted by atomic mass is 79.9. The molecule has 0 saturated heterocycles. The normalized spacial score (nSPS) is 10.4. The second kappa shape index (κ2) is 6.05. The molecule has 1 nitrogen and oxygen atoms in total. The lowest BCUT2D eigenvalue weighted by Crippen LogP contribution is -2.02. The van der Waals surface area contributed by atoms with Gasteiger partial charge >= 0.3 is 0 Å². The van der Waals surface area contributed by atoms with E-state index in [1.165, 1.54) is 16.7 Å². The molecule has 0 aliphatic carbocycles. The Bertz CT molecular complexity index is 517. The summed E-state index contributed by atoms with van der Waals surface area (Å²) >= 11 is 3.41. The predicted molar refractivity (Wildman–Crippen MR) is 79.3 cm³/mol. The molecular formula is C16H17BrO. The van der Waals surface area contributed by atoms with Crippen molar-refractivity contribution in [3.63, 3.8) is 0 Å². The van der Waals surface area contributed by atoms with Crippen molar-refractivity contribution in [2.24, 2.45) is 0 Å². The van der Waals surface area contributed by atoms with Gasteiger partial charge in [0.05, 0.1) is 6.61 Å². The van der Waals surface area contributed by atoms with Gasteiger partial charge in [-0.2, -0.15) is 0 Å². The van der Waals surface area contributed by atoms with Gasteiger partial charge in [0.15, 0.2) is 0 Å². The molecule has 0 aliphatic heterocycles. The number of rotatable bonds is 4. The molecule has 0 aliphatic rings. The van der Waals surface area contributed by atoms with Gasteiger partial charge in [-0.1, -0.05) is 39.7 Å². The van der Waals surface area contributed by atoms with E-state index < -0.39 is 0 Å². The van der Waals surface area contributed by atoms with E-state index in [0.717, 1.165) is 16.6 Å². The van der Waals surface area contributed by atoms with Crippen LogP contribution in [0.15, 0.2) is 46.9 Å². The Labute approximate surface area is 117 Å². The molecule has 0 heterocycles. The van der Waals surface area contributed by atoms with Crippen LogP contribution in [0, 0.1) is 13.8 Å². The Morgan fingerprint density at radius 1 is 1.00 bits per heavy atom. The van der Waals surface area contributed by atoms with Crippen LogP contribution < -0.4 is 4.74 Å². The maximum Gasteiger partial charge on any atom is 0.119 e. The average Bonchev–Trinajstić information content (AvgIpc) is 2.34. The molecular weight excluding hydrogens is 288 g/mol. The zero-order valence-corrected chi connectivity index (χ0v) is 12.3. The third kappa shape index (κ3) is 3.61. The molecule has 0 N–H and O–H groups in total. The Morgan fingerprint density at radius 3 is 2.39 bits per heavy atom. The average molecular weight is 305 g/mol. The highest BCUT2D eigenvalue weighted by Gasteiger charge is 1.99. The fourth-order valence-corrected chi connectivity index (χ4v) is 2.20. The topological polar surface area (TPSA) is 9.23 Å². The number of hydrogen-bond donors (Lipinski definition) is 0. The molecule has 0 amide bonds. The van der Waals surface area contributed by atoms with E-state index in [-0.39, 0.29) is 0 Å². The molecule has 2 aromatic rings. The van der Waals surface area contributed by atoms with E-state index in [9.17, 15) is 0 Å². The molecule has 0 saturated carbocycles. The largest absolute Gasteiger partial charge is 0.493 e. The van der Waals surface area contributed by atoms with Crippen molar-refractivity contribution >= 4 is 15.9 Å². The van der Waals surface area contributed by atoms with E-state index in [4.69, 9.17) is 4.74 Å². The first-order chi connectivity index (χ1) is 8.65. The fraction of sp³-hybridized carbons (Fsp3) is 0.250. The standard InChI is InChI=1S/C16H17BrO/c1-12-3-4-14(13(2)11-12)9-10-18-16-7-5-15(17)6-8-16/h3-8,11H,9-10H2,1-2H3. The van der Waals surface area contributed by atoms with Crippen molar-refractivity contribution < 1.29 is 4.74 Å². The molecule has 0 unspecified atom stereocenters. The molecule has 2 heteroatoms. The summed E-state index contributed by atoms with van der Waals surface area (Å²) in [6, 6.07) is 14.5. The number of benzene rings is 2. The first-order valence-corrected chi connectivity index (χ1v) is 6.89. The van der Waals surface area contributed by atoms with E-state index in [2.05, 4.69) is 48.0 Å². The van der Waals surface area contributed by atoms with E-state index in [1.807, 2.05) is 24.3 Å². The second-order valence-corrected chi connectivity index (χ2v) is 5.40. The summed E-state index contributed by atoms with van der Waals surface area (Å²) in [7, 11) is 0. The van der Waals surface area contributed by atoms with Crippen LogP contribution >= 0.6 is 15.9 Å². The van der Waals surface area contributed by atoms with Crippen LogP contribution in [-0.2, 0) is 6.42 Å². The van der Waals surface area contributed by atoms with E-state index >= 15 is 0 Å². The third-order valence-electron chi connectivity index (χ3n) is 2.95. The monoisotopic (exact) mass is 304 g/mol. The molecule has 94 valence electrons. The van der Waals surface area contributed by atoms with Gasteiger partial charge in [0.2, 0.25) is 0 Å². The molecule has 18 heavy (non-hydrogen) atoms. The van der Waals surface area contributed by atoms with Crippen LogP contribution in [0.25, 0.3) is 0 Å². The van der Waals surface area contributed by atoms with E-state index in [0.29, 0.717) is 6.61 Å². The van der Waals surface area contributed by atoms with Crippen molar-refractivity contribution in [1.82, 2.24) is 0 Å². The van der Waals surface area contributed by atoms with Gasteiger partial charge < -0.3 is 4.74 Å². The Balaban J connectivity index is 1.90. The summed E-state index contributed by atoms with van der Waals surface area (Å²) < 4.78 is 6.80. The Kier molecular flexibility index (Phi) is 4.43. The van der Waals surface area contributed by atoms with Crippen molar-refractivity contribution in [3.8, 4) is 5.75 Å². The minimum atomic E-state index is 0.714. The summed E-state index contributed by atoms with van der Waals surface area (Å²) in [6.07, 6.45) is 0.947. The quantitative estimate of drug-likeness (QED) is 0.796. The first kappa shape index (κ1) is 13.2. The molecule has 0 atom stereocenters. The molecule has 0 fully saturated rings. The Hall–Kier alpha value is -1.28. The molecule has 0 aromatic heterocycles. The second-order valence-electron chi connectivity index (χ2n) is 4.48. The SMILES string of the molecule is Cc1ccc(CCOc2ccc(Br)cc2)c(C)c1. The van der Waals surface area contributed by atoms with Crippen molar-refractivity contribution in [2.75, 3.05) is 6.61 Å². The van der Waals surface area contributed by atoms with Gasteiger partial charge in [-0.25, -0.2) is 0 Å². The lowest BCUT2D eigenvalue weighted by Gasteiger charge is -2.09. The third-order valence-corrected chi connectivity index (χ3v) is 3.48. The van der Waals surface area contributed by atoms with Crippen LogP contribution in [0.4, 0.5) is 0 Å². The highest BCUT2D eigenvalue weighted by Crippen LogP contribution is 2.17. The summed E-state index contributed by atoms with van der Waals surface area (Å²) in [5.74, 6) is 0.919. The number of ether oxygens (including phenoxy) is 1. The minimum absolute atomic E-state index is 0.714. The number of halogens is 1. The fourth-order valence-electron chi connectivity index (χ4n) is 1.94. The summed E-state index contributed by atoms with van der Waals surface area (Å²) in [5.41, 5.74) is 4.01. The zero-order valence-electron chi connectivity index (χ0n) is 10.7. The van der Waals surface area contributed by atoms with Gasteiger partial charge in [-0.15, -0.1) is 0 Å². The summed E-state index contributed by atoms with van der Waals surface area (Å²) in [6.45, 7) is 4.99. The van der Waals surface area contributed by atoms with Crippen LogP contribution in [0.3, 0.4) is 0 Å². The number of aryl methyl sites for hydroxylation is 2. The van der Waals surface area contributed by atoms with Crippen molar-refractivity contribution in [3.05, 3.63) is 63.6 Å². The maximum atomic E-state index is 5.73. The summed E-state index contributed by atoms with van der Waals surface area (Å²) in [4.78, 5) is 0. The van der Waals surface area contributed by atoms with E-state index in [1.54, 1.807) is 0 Å². The molecule has 2 rings (SSSR count). The van der Waals surface area contributed by atoms with Crippen LogP contribution in [0.2, 0.25) is 0 Å². The highest BCUT2D eigenvalue weighted by molar-refractivity contribution is 9.10. The van der Waals surface area contributed by atoms with Crippen LogP contribution in [0.1, 0.15) is 16.7 Å². The Morgan fingerprint density at radius 2 is 1.72 bits per heavy atom. The van der Waals surface area contributed by atoms with Crippen LogP contribution in [-0.4, -0.2) is 6.61 Å².